The van der Waals surface area contributed by atoms with E-state index in [-0.39, 0.29) is 4.90 Å². The Balaban J connectivity index is 3.11. The molecule has 15 heavy (non-hydrogen) atoms. The molecule has 1 aromatic rings. The van der Waals surface area contributed by atoms with E-state index in [0.29, 0.717) is 10.2 Å². The Bertz CT molecular complexity index is 459. The van der Waals surface area contributed by atoms with Crippen LogP contribution in [0, 0.1) is 0 Å². The molecule has 3 N–H and O–H groups in total. The Morgan fingerprint density at radius 3 is 2.47 bits per heavy atom. The molecule has 0 heterocycles. The molecule has 0 saturated carbocycles. The number of anilines is 1. The lowest BCUT2D eigenvalue weighted by molar-refractivity contribution is 0.364. The van der Waals surface area contributed by atoms with Crippen LogP contribution in [0.2, 0.25) is 0 Å². The van der Waals surface area contributed by atoms with Gasteiger partial charge in [-0.15, -0.1) is 4.83 Å². The van der Waals surface area contributed by atoms with Gasteiger partial charge in [0.15, 0.2) is 0 Å². The first-order chi connectivity index (χ1) is 6.83. The minimum absolute atomic E-state index is 0.164. The lowest BCUT2D eigenvalue weighted by Crippen LogP contribution is -2.36. The third-order valence-corrected chi connectivity index (χ3v) is 3.75. The van der Waals surface area contributed by atoms with Crippen LogP contribution in [0.25, 0.3) is 0 Å². The smallest absolute Gasteiger partial charge is 0.253 e. The van der Waals surface area contributed by atoms with E-state index in [1.54, 1.807) is 14.1 Å². The number of nitrogen functional groups attached to an aromatic ring is 1. The molecule has 0 saturated heterocycles. The van der Waals surface area contributed by atoms with Crippen LogP contribution in [-0.2, 0) is 10.0 Å². The van der Waals surface area contributed by atoms with Crippen LogP contribution in [0.1, 0.15) is 0 Å². The molecule has 0 radical (unpaired) electrons. The summed E-state index contributed by atoms with van der Waals surface area (Å²) in [5.41, 5.74) is 6.06. The Hall–Kier alpha value is -0.630. The average molecular weight is 294 g/mol. The molecule has 0 atom stereocenters. The van der Waals surface area contributed by atoms with Crippen molar-refractivity contribution in [2.45, 2.75) is 4.90 Å². The molecule has 1 rings (SSSR count). The number of hydrogen-bond donors (Lipinski definition) is 2. The summed E-state index contributed by atoms with van der Waals surface area (Å²) in [5.74, 6) is 0. The quantitative estimate of drug-likeness (QED) is 0.638. The Kier molecular flexibility index (Phi) is 3.72. The zero-order valence-corrected chi connectivity index (χ0v) is 10.8. The second kappa shape index (κ2) is 4.48. The van der Waals surface area contributed by atoms with Crippen molar-refractivity contribution >= 4 is 31.6 Å². The van der Waals surface area contributed by atoms with Gasteiger partial charge in [0.25, 0.3) is 10.0 Å². The molecule has 0 spiro atoms. The SMILES string of the molecule is CN(C)NS(=O)(=O)c1ccc(N)c(Br)c1. The van der Waals surface area contributed by atoms with Crippen LogP contribution >= 0.6 is 15.9 Å². The van der Waals surface area contributed by atoms with Gasteiger partial charge in [0.1, 0.15) is 0 Å². The van der Waals surface area contributed by atoms with Crippen LogP contribution in [-0.4, -0.2) is 27.5 Å². The van der Waals surface area contributed by atoms with E-state index in [0.717, 1.165) is 0 Å². The van der Waals surface area contributed by atoms with E-state index < -0.39 is 10.0 Å². The van der Waals surface area contributed by atoms with Crippen molar-refractivity contribution in [3.8, 4) is 0 Å². The zero-order chi connectivity index (χ0) is 11.6. The van der Waals surface area contributed by atoms with Crippen LogP contribution in [0.4, 0.5) is 5.69 Å². The summed E-state index contributed by atoms with van der Waals surface area (Å²) >= 11 is 3.17. The fourth-order valence-corrected chi connectivity index (χ4v) is 2.60. The topological polar surface area (TPSA) is 75.4 Å². The molecule has 1 aromatic carbocycles. The minimum atomic E-state index is -3.51. The monoisotopic (exact) mass is 293 g/mol. The summed E-state index contributed by atoms with van der Waals surface area (Å²) in [5, 5.41) is 1.36. The van der Waals surface area contributed by atoms with Gasteiger partial charge in [0, 0.05) is 24.3 Å². The molecule has 5 nitrogen and oxygen atoms in total. The molecule has 84 valence electrons. The van der Waals surface area contributed by atoms with Crippen molar-refractivity contribution in [2.24, 2.45) is 0 Å². The highest BCUT2D eigenvalue weighted by atomic mass is 79.9. The van der Waals surface area contributed by atoms with Gasteiger partial charge in [0.05, 0.1) is 4.90 Å². The summed E-state index contributed by atoms with van der Waals surface area (Å²) in [4.78, 5) is 2.49. The number of hydrazine groups is 1. The summed E-state index contributed by atoms with van der Waals surface area (Å²) in [6.45, 7) is 0. The van der Waals surface area contributed by atoms with Crippen molar-refractivity contribution in [2.75, 3.05) is 19.8 Å². The molecule has 7 heteroatoms. The van der Waals surface area contributed by atoms with Gasteiger partial charge in [-0.3, -0.25) is 0 Å². The summed E-state index contributed by atoms with van der Waals surface area (Å²) in [6, 6.07) is 4.45. The van der Waals surface area contributed by atoms with E-state index in [4.69, 9.17) is 5.73 Å². The average Bonchev–Trinajstić information content (AvgIpc) is 2.07. The van der Waals surface area contributed by atoms with Gasteiger partial charge in [-0.2, -0.15) is 0 Å². The highest BCUT2D eigenvalue weighted by Crippen LogP contribution is 2.22. The van der Waals surface area contributed by atoms with Gasteiger partial charge >= 0.3 is 0 Å². The molecule has 0 aromatic heterocycles. The van der Waals surface area contributed by atoms with Crippen molar-refractivity contribution in [3.63, 3.8) is 0 Å². The van der Waals surface area contributed by atoms with Gasteiger partial charge in [0.2, 0.25) is 0 Å². The fraction of sp³-hybridized carbons (Fsp3) is 0.250. The Morgan fingerprint density at radius 1 is 1.40 bits per heavy atom. The second-order valence-corrected chi connectivity index (χ2v) is 5.69. The maximum absolute atomic E-state index is 11.7. The van der Waals surface area contributed by atoms with Crippen LogP contribution < -0.4 is 10.6 Å². The van der Waals surface area contributed by atoms with E-state index >= 15 is 0 Å². The van der Waals surface area contributed by atoms with Crippen molar-refractivity contribution in [1.82, 2.24) is 9.84 Å². The van der Waals surface area contributed by atoms with Crippen molar-refractivity contribution < 1.29 is 8.42 Å². The maximum atomic E-state index is 11.7. The number of nitrogens with two attached hydrogens (primary N) is 1. The third-order valence-electron chi connectivity index (χ3n) is 1.58. The number of halogens is 1. The fourth-order valence-electron chi connectivity index (χ4n) is 0.968. The van der Waals surface area contributed by atoms with E-state index in [2.05, 4.69) is 20.8 Å². The number of rotatable bonds is 3. The molecule has 0 aliphatic carbocycles. The lowest BCUT2D eigenvalue weighted by atomic mass is 10.3. The van der Waals surface area contributed by atoms with Gasteiger partial charge < -0.3 is 5.73 Å². The van der Waals surface area contributed by atoms with Gasteiger partial charge in [-0.1, -0.05) is 0 Å². The minimum Gasteiger partial charge on any atom is -0.398 e. The summed E-state index contributed by atoms with van der Waals surface area (Å²) < 4.78 is 23.9. The largest absolute Gasteiger partial charge is 0.398 e. The maximum Gasteiger partial charge on any atom is 0.253 e. The molecular weight excluding hydrogens is 282 g/mol. The first kappa shape index (κ1) is 12.4. The molecule has 0 bridgehead atoms. The zero-order valence-electron chi connectivity index (χ0n) is 8.36. The number of nitrogens with one attached hydrogen (secondary N) is 1. The molecule has 0 aliphatic heterocycles. The first-order valence-electron chi connectivity index (χ1n) is 4.08. The molecule has 0 unspecified atom stereocenters. The van der Waals surface area contributed by atoms with Crippen LogP contribution in [0.15, 0.2) is 27.6 Å². The molecular formula is C8H12BrN3O2S. The molecule has 0 aliphatic rings. The normalized spacial score (nSPS) is 12.0. The Morgan fingerprint density at radius 2 is 2.00 bits per heavy atom. The molecule has 0 fully saturated rings. The highest BCUT2D eigenvalue weighted by Gasteiger charge is 2.15. The van der Waals surface area contributed by atoms with E-state index in [1.807, 2.05) is 0 Å². The van der Waals surface area contributed by atoms with E-state index in [1.165, 1.54) is 23.2 Å². The second-order valence-electron chi connectivity index (χ2n) is 3.17. The summed E-state index contributed by atoms with van der Waals surface area (Å²) in [6.07, 6.45) is 0. The van der Waals surface area contributed by atoms with Crippen molar-refractivity contribution in [3.05, 3.63) is 22.7 Å². The third kappa shape index (κ3) is 3.16. The van der Waals surface area contributed by atoms with Crippen LogP contribution in [0.5, 0.6) is 0 Å². The number of nitrogens with zero attached hydrogens (tertiary/aromatic N) is 1. The standard InChI is InChI=1S/C8H12BrN3O2S/c1-12(2)11-15(13,14)6-3-4-8(10)7(9)5-6/h3-5,11H,10H2,1-2H3. The molecule has 0 amide bonds. The van der Waals surface area contributed by atoms with Gasteiger partial charge in [-0.25, -0.2) is 13.4 Å². The van der Waals surface area contributed by atoms with Crippen LogP contribution in [0.3, 0.4) is 0 Å². The van der Waals surface area contributed by atoms with Gasteiger partial charge in [-0.05, 0) is 34.1 Å². The summed E-state index contributed by atoms with van der Waals surface area (Å²) in [7, 11) is -0.306. The first-order valence-corrected chi connectivity index (χ1v) is 6.35. The predicted molar refractivity (Wildman–Crippen MR) is 62.6 cm³/mol. The van der Waals surface area contributed by atoms with E-state index in [9.17, 15) is 8.42 Å². The van der Waals surface area contributed by atoms with Crippen molar-refractivity contribution in [1.29, 1.82) is 0 Å². The number of hydrogen-bond acceptors (Lipinski definition) is 4. The predicted octanol–water partition coefficient (Wildman–Crippen LogP) is 0.786. The number of sulfonamides is 1. The Labute approximate surface area is 97.4 Å². The number of benzene rings is 1. The highest BCUT2D eigenvalue weighted by molar-refractivity contribution is 9.10. The lowest BCUT2D eigenvalue weighted by Gasteiger charge is -2.12.